The molecule has 8 heteroatoms. The monoisotopic (exact) mass is 301 g/mol. The molecule has 0 spiro atoms. The Morgan fingerprint density at radius 1 is 1.45 bits per heavy atom. The smallest absolute Gasteiger partial charge is 0.279 e. The van der Waals surface area contributed by atoms with E-state index in [1.165, 1.54) is 4.31 Å². The normalized spacial score (nSPS) is 20.1. The summed E-state index contributed by atoms with van der Waals surface area (Å²) in [4.78, 5) is 3.94. The Hall–Kier alpha value is -0.960. The fraction of sp³-hybridized carbons (Fsp3) is 0.750. The van der Waals surface area contributed by atoms with Crippen molar-refractivity contribution >= 4 is 10.2 Å². The van der Waals surface area contributed by atoms with Gasteiger partial charge in [0, 0.05) is 38.1 Å². The lowest BCUT2D eigenvalue weighted by Gasteiger charge is -2.31. The summed E-state index contributed by atoms with van der Waals surface area (Å²) in [5, 5.41) is 0. The molecule has 1 aliphatic rings. The third kappa shape index (κ3) is 4.02. The fourth-order valence-corrected chi connectivity index (χ4v) is 3.89. The third-order valence-corrected chi connectivity index (χ3v) is 5.39. The molecule has 1 aromatic rings. The Bertz CT molecular complexity index is 494. The van der Waals surface area contributed by atoms with E-state index in [4.69, 9.17) is 5.73 Å². The highest BCUT2D eigenvalue weighted by molar-refractivity contribution is 7.87. The SMILES string of the molecule is CC(Cn1ccnc1)NS(=O)(=O)N1CCC(CN)CC1. The largest absolute Gasteiger partial charge is 0.336 e. The van der Waals surface area contributed by atoms with E-state index in [2.05, 4.69) is 9.71 Å². The summed E-state index contributed by atoms with van der Waals surface area (Å²) in [6.07, 6.45) is 6.86. The molecule has 3 N–H and O–H groups in total. The van der Waals surface area contributed by atoms with Gasteiger partial charge in [0.15, 0.2) is 0 Å². The molecule has 20 heavy (non-hydrogen) atoms. The molecule has 1 aliphatic heterocycles. The maximum Gasteiger partial charge on any atom is 0.279 e. The van der Waals surface area contributed by atoms with Crippen molar-refractivity contribution < 1.29 is 8.42 Å². The zero-order valence-corrected chi connectivity index (χ0v) is 12.6. The van der Waals surface area contributed by atoms with E-state index in [1.807, 2.05) is 17.7 Å². The van der Waals surface area contributed by atoms with E-state index in [9.17, 15) is 8.42 Å². The van der Waals surface area contributed by atoms with Gasteiger partial charge in [0.2, 0.25) is 0 Å². The predicted molar refractivity (Wildman–Crippen MR) is 77.1 cm³/mol. The van der Waals surface area contributed by atoms with Crippen LogP contribution in [-0.4, -0.2) is 48.0 Å². The van der Waals surface area contributed by atoms with Crippen LogP contribution in [0.15, 0.2) is 18.7 Å². The Balaban J connectivity index is 1.87. The van der Waals surface area contributed by atoms with Crippen LogP contribution in [0.25, 0.3) is 0 Å². The zero-order valence-electron chi connectivity index (χ0n) is 11.8. The quantitative estimate of drug-likeness (QED) is 0.759. The lowest BCUT2D eigenvalue weighted by Crippen LogP contribution is -2.48. The summed E-state index contributed by atoms with van der Waals surface area (Å²) in [5.74, 6) is 0.449. The Morgan fingerprint density at radius 2 is 2.15 bits per heavy atom. The molecule has 1 unspecified atom stereocenters. The van der Waals surface area contributed by atoms with Crippen LogP contribution in [0.5, 0.6) is 0 Å². The molecule has 0 aromatic carbocycles. The lowest BCUT2D eigenvalue weighted by atomic mass is 9.99. The van der Waals surface area contributed by atoms with Crippen LogP contribution in [0.4, 0.5) is 0 Å². The molecular weight excluding hydrogens is 278 g/mol. The van der Waals surface area contributed by atoms with Gasteiger partial charge in [-0.2, -0.15) is 17.4 Å². The topological polar surface area (TPSA) is 93.2 Å². The first-order valence-electron chi connectivity index (χ1n) is 6.94. The second-order valence-corrected chi connectivity index (χ2v) is 7.06. The number of aromatic nitrogens is 2. The van der Waals surface area contributed by atoms with Gasteiger partial charge in [0.05, 0.1) is 6.33 Å². The summed E-state index contributed by atoms with van der Waals surface area (Å²) >= 11 is 0. The van der Waals surface area contributed by atoms with Crippen LogP contribution in [0.3, 0.4) is 0 Å². The lowest BCUT2D eigenvalue weighted by molar-refractivity contribution is 0.274. The Kier molecular flexibility index (Phi) is 5.14. The minimum Gasteiger partial charge on any atom is -0.336 e. The molecule has 0 saturated carbocycles. The van der Waals surface area contributed by atoms with Gasteiger partial charge in [0.1, 0.15) is 0 Å². The molecule has 2 rings (SSSR count). The van der Waals surface area contributed by atoms with Gasteiger partial charge in [-0.1, -0.05) is 0 Å². The summed E-state index contributed by atoms with van der Waals surface area (Å²) in [6, 6.07) is -0.179. The average Bonchev–Trinajstić information content (AvgIpc) is 2.91. The molecule has 0 aliphatic carbocycles. The third-order valence-electron chi connectivity index (χ3n) is 3.64. The van der Waals surface area contributed by atoms with Gasteiger partial charge in [-0.25, -0.2) is 4.98 Å². The van der Waals surface area contributed by atoms with E-state index in [0.29, 0.717) is 32.1 Å². The highest BCUT2D eigenvalue weighted by atomic mass is 32.2. The summed E-state index contributed by atoms with van der Waals surface area (Å²) in [6.45, 7) is 4.16. The molecule has 1 atom stereocenters. The van der Waals surface area contributed by atoms with E-state index in [-0.39, 0.29) is 6.04 Å². The highest BCUT2D eigenvalue weighted by Crippen LogP contribution is 2.18. The molecule has 2 heterocycles. The van der Waals surface area contributed by atoms with Crippen molar-refractivity contribution in [2.24, 2.45) is 11.7 Å². The van der Waals surface area contributed by atoms with Crippen molar-refractivity contribution in [3.63, 3.8) is 0 Å². The summed E-state index contributed by atoms with van der Waals surface area (Å²) in [5.41, 5.74) is 5.62. The van der Waals surface area contributed by atoms with Crippen LogP contribution in [0, 0.1) is 5.92 Å². The number of rotatable bonds is 6. The van der Waals surface area contributed by atoms with Gasteiger partial charge in [-0.05, 0) is 32.2 Å². The molecule has 1 saturated heterocycles. The standard InChI is InChI=1S/C12H23N5O2S/c1-11(9-16-7-4-14-10-16)15-20(18,19)17-5-2-12(8-13)3-6-17/h4,7,10-12,15H,2-3,5-6,8-9,13H2,1H3. The number of imidazole rings is 1. The molecule has 0 bridgehead atoms. The van der Waals surface area contributed by atoms with Gasteiger partial charge in [-0.15, -0.1) is 0 Å². The van der Waals surface area contributed by atoms with E-state index >= 15 is 0 Å². The zero-order chi connectivity index (χ0) is 14.6. The fourth-order valence-electron chi connectivity index (χ4n) is 2.46. The molecule has 1 fully saturated rings. The second-order valence-electron chi connectivity index (χ2n) is 5.36. The Labute approximate surface area is 120 Å². The molecule has 7 nitrogen and oxygen atoms in total. The first-order chi connectivity index (χ1) is 9.51. The second kappa shape index (κ2) is 6.66. The highest BCUT2D eigenvalue weighted by Gasteiger charge is 2.28. The van der Waals surface area contributed by atoms with Crippen molar-refractivity contribution in [1.82, 2.24) is 18.6 Å². The number of piperidine rings is 1. The molecular formula is C12H23N5O2S. The molecule has 0 radical (unpaired) electrons. The minimum absolute atomic E-state index is 0.179. The molecule has 1 aromatic heterocycles. The van der Waals surface area contributed by atoms with Gasteiger partial charge in [-0.3, -0.25) is 0 Å². The van der Waals surface area contributed by atoms with Crippen LogP contribution in [0.2, 0.25) is 0 Å². The van der Waals surface area contributed by atoms with Crippen LogP contribution < -0.4 is 10.5 Å². The van der Waals surface area contributed by atoms with E-state index in [1.54, 1.807) is 12.5 Å². The number of hydrogen-bond donors (Lipinski definition) is 2. The number of nitrogens with zero attached hydrogens (tertiary/aromatic N) is 3. The maximum atomic E-state index is 12.3. The van der Waals surface area contributed by atoms with Crippen molar-refractivity contribution in [1.29, 1.82) is 0 Å². The van der Waals surface area contributed by atoms with Crippen molar-refractivity contribution in [2.45, 2.75) is 32.4 Å². The van der Waals surface area contributed by atoms with Crippen molar-refractivity contribution in [2.75, 3.05) is 19.6 Å². The van der Waals surface area contributed by atoms with Crippen LogP contribution in [-0.2, 0) is 16.8 Å². The van der Waals surface area contributed by atoms with E-state index < -0.39 is 10.2 Å². The maximum absolute atomic E-state index is 12.3. The number of nitrogens with one attached hydrogen (secondary N) is 1. The van der Waals surface area contributed by atoms with Gasteiger partial charge in [0.25, 0.3) is 10.2 Å². The Morgan fingerprint density at radius 3 is 2.70 bits per heavy atom. The van der Waals surface area contributed by atoms with E-state index in [0.717, 1.165) is 12.8 Å². The van der Waals surface area contributed by atoms with Crippen LogP contribution in [0.1, 0.15) is 19.8 Å². The number of hydrogen-bond acceptors (Lipinski definition) is 4. The first kappa shape index (κ1) is 15.4. The average molecular weight is 301 g/mol. The van der Waals surface area contributed by atoms with Gasteiger partial charge < -0.3 is 10.3 Å². The first-order valence-corrected chi connectivity index (χ1v) is 8.38. The number of nitrogens with two attached hydrogens (primary N) is 1. The van der Waals surface area contributed by atoms with Gasteiger partial charge >= 0.3 is 0 Å². The summed E-state index contributed by atoms with van der Waals surface area (Å²) < 4.78 is 30.6. The minimum atomic E-state index is -3.41. The molecule has 0 amide bonds. The predicted octanol–water partition coefficient (Wildman–Crippen LogP) is -0.223. The van der Waals surface area contributed by atoms with Crippen LogP contribution >= 0.6 is 0 Å². The van der Waals surface area contributed by atoms with Crippen molar-refractivity contribution in [3.05, 3.63) is 18.7 Å². The molecule has 114 valence electrons. The van der Waals surface area contributed by atoms with Crippen molar-refractivity contribution in [3.8, 4) is 0 Å². The summed E-state index contributed by atoms with van der Waals surface area (Å²) in [7, 11) is -3.41.